The van der Waals surface area contributed by atoms with Crippen LogP contribution in [-0.4, -0.2) is 72.7 Å². The predicted molar refractivity (Wildman–Crippen MR) is 146 cm³/mol. The molecule has 218 valence electrons. The molecule has 9 nitrogen and oxygen atoms in total. The van der Waals surface area contributed by atoms with Crippen molar-refractivity contribution in [3.8, 4) is 11.1 Å². The minimum Gasteiger partial charge on any atom is -0.393 e. The van der Waals surface area contributed by atoms with E-state index in [-0.39, 0.29) is 30.5 Å². The zero-order chi connectivity index (χ0) is 28.4. The van der Waals surface area contributed by atoms with Crippen molar-refractivity contribution in [1.82, 2.24) is 29.3 Å². The van der Waals surface area contributed by atoms with Crippen LogP contribution in [0.15, 0.2) is 24.7 Å². The standard InChI is InChI=1S/C29H40F2N6O3/c1-19(18-40-28(30)31)13-26-32-16-25-23(14-24(37(25)34-26)20-7-9-22(38)10-8-20)21-15-33-36(17-21)29(2,3)27(39)35-11-5-4-6-12-35/h14-17,19-20,22,28,38H,4-13,18H2,1-3H3/t19-,20?,22?/m1/s1. The fourth-order valence-electron chi connectivity index (χ4n) is 5.99. The third-order valence-electron chi connectivity index (χ3n) is 8.38. The number of aliphatic hydroxyl groups is 1. The summed E-state index contributed by atoms with van der Waals surface area (Å²) in [5.74, 6) is 0.677. The molecular weight excluding hydrogens is 518 g/mol. The van der Waals surface area contributed by atoms with Crippen LogP contribution in [0.2, 0.25) is 0 Å². The summed E-state index contributed by atoms with van der Waals surface area (Å²) >= 11 is 0. The maximum absolute atomic E-state index is 13.4. The lowest BCUT2D eigenvalue weighted by Gasteiger charge is -2.34. The van der Waals surface area contributed by atoms with Gasteiger partial charge in [0.1, 0.15) is 11.4 Å². The van der Waals surface area contributed by atoms with Gasteiger partial charge in [0.2, 0.25) is 5.91 Å². The van der Waals surface area contributed by atoms with Gasteiger partial charge in [-0.1, -0.05) is 6.92 Å². The SMILES string of the molecule is C[C@@H](COC(F)F)Cc1ncc2c(-c3cnn(C(C)(C)C(=O)N4CCCCC4)c3)cc(C3CCC(O)CC3)n2n1. The van der Waals surface area contributed by atoms with Gasteiger partial charge in [0, 0.05) is 48.4 Å². The minimum absolute atomic E-state index is 0.0722. The fourth-order valence-corrected chi connectivity index (χ4v) is 5.99. The molecule has 1 aliphatic carbocycles. The number of halogens is 2. The third-order valence-corrected chi connectivity index (χ3v) is 8.38. The van der Waals surface area contributed by atoms with Crippen LogP contribution in [0.4, 0.5) is 8.78 Å². The Kier molecular flexibility index (Phi) is 8.51. The number of rotatable bonds is 9. The van der Waals surface area contributed by atoms with E-state index >= 15 is 0 Å². The Labute approximate surface area is 233 Å². The minimum atomic E-state index is -2.80. The van der Waals surface area contributed by atoms with Gasteiger partial charge in [0.05, 0.1) is 30.6 Å². The Morgan fingerprint density at radius 2 is 1.88 bits per heavy atom. The molecule has 1 saturated heterocycles. The first-order valence-electron chi connectivity index (χ1n) is 14.4. The molecule has 2 aliphatic rings. The second kappa shape index (κ2) is 11.9. The van der Waals surface area contributed by atoms with E-state index in [1.807, 2.05) is 36.4 Å². The topological polar surface area (TPSA) is 97.8 Å². The maximum atomic E-state index is 13.4. The van der Waals surface area contributed by atoms with Gasteiger partial charge in [-0.2, -0.15) is 19.0 Å². The molecule has 1 N–H and O–H groups in total. The normalized spacial score (nSPS) is 21.3. The maximum Gasteiger partial charge on any atom is 0.345 e. The van der Waals surface area contributed by atoms with Crippen molar-refractivity contribution >= 4 is 11.4 Å². The molecule has 5 rings (SSSR count). The van der Waals surface area contributed by atoms with Crippen molar-refractivity contribution in [3.05, 3.63) is 36.2 Å². The van der Waals surface area contributed by atoms with Gasteiger partial charge in [-0.05, 0) is 70.8 Å². The summed E-state index contributed by atoms with van der Waals surface area (Å²) in [4.78, 5) is 19.9. The second-order valence-corrected chi connectivity index (χ2v) is 11.9. The van der Waals surface area contributed by atoms with Gasteiger partial charge in [0.15, 0.2) is 0 Å². The molecule has 0 unspecified atom stereocenters. The number of aromatic nitrogens is 5. The Morgan fingerprint density at radius 3 is 2.58 bits per heavy atom. The van der Waals surface area contributed by atoms with E-state index in [4.69, 9.17) is 5.10 Å². The van der Waals surface area contributed by atoms with Crippen LogP contribution < -0.4 is 0 Å². The number of ether oxygens (including phenoxy) is 1. The molecule has 1 amide bonds. The van der Waals surface area contributed by atoms with E-state index in [1.165, 1.54) is 0 Å². The first-order valence-corrected chi connectivity index (χ1v) is 14.4. The summed E-state index contributed by atoms with van der Waals surface area (Å²) in [6, 6.07) is 2.13. The third kappa shape index (κ3) is 6.05. The lowest BCUT2D eigenvalue weighted by Crippen LogP contribution is -2.48. The smallest absolute Gasteiger partial charge is 0.345 e. The number of hydrogen-bond acceptors (Lipinski definition) is 6. The summed E-state index contributed by atoms with van der Waals surface area (Å²) in [5.41, 5.74) is 2.83. The van der Waals surface area contributed by atoms with Crippen LogP contribution in [0, 0.1) is 5.92 Å². The number of piperidine rings is 1. The number of carbonyl (C=O) groups is 1. The molecule has 0 spiro atoms. The molecule has 4 heterocycles. The molecule has 0 aromatic carbocycles. The van der Waals surface area contributed by atoms with E-state index in [1.54, 1.807) is 17.1 Å². The number of nitrogens with zero attached hydrogens (tertiary/aromatic N) is 6. The molecular formula is C29H40F2N6O3. The number of fused-ring (bicyclic) bond motifs is 1. The van der Waals surface area contributed by atoms with Crippen molar-refractivity contribution in [2.45, 2.75) is 96.3 Å². The Balaban J connectivity index is 1.46. The number of hydrogen-bond donors (Lipinski definition) is 1. The van der Waals surface area contributed by atoms with E-state index in [0.717, 1.165) is 80.4 Å². The van der Waals surface area contributed by atoms with Crippen molar-refractivity contribution in [1.29, 1.82) is 0 Å². The molecule has 1 aliphatic heterocycles. The van der Waals surface area contributed by atoms with Gasteiger partial charge in [-0.25, -0.2) is 9.50 Å². The molecule has 2 fully saturated rings. The fraction of sp³-hybridized carbons (Fsp3) is 0.655. The van der Waals surface area contributed by atoms with E-state index in [2.05, 4.69) is 20.9 Å². The largest absolute Gasteiger partial charge is 0.393 e. The highest BCUT2D eigenvalue weighted by atomic mass is 19.3. The van der Waals surface area contributed by atoms with Gasteiger partial charge in [-0.15, -0.1) is 0 Å². The highest BCUT2D eigenvalue weighted by Gasteiger charge is 2.35. The zero-order valence-electron chi connectivity index (χ0n) is 23.6. The highest BCUT2D eigenvalue weighted by molar-refractivity contribution is 5.85. The first kappa shape index (κ1) is 28.6. The van der Waals surface area contributed by atoms with Gasteiger partial charge >= 0.3 is 6.61 Å². The van der Waals surface area contributed by atoms with Gasteiger partial charge < -0.3 is 14.7 Å². The van der Waals surface area contributed by atoms with Crippen molar-refractivity contribution < 1.29 is 23.4 Å². The molecule has 1 atom stereocenters. The number of amides is 1. The molecule has 0 bridgehead atoms. The van der Waals surface area contributed by atoms with Crippen LogP contribution in [0.25, 0.3) is 16.6 Å². The van der Waals surface area contributed by atoms with E-state index in [9.17, 15) is 18.7 Å². The number of alkyl halides is 2. The lowest BCUT2D eigenvalue weighted by atomic mass is 9.85. The van der Waals surface area contributed by atoms with Crippen molar-refractivity contribution in [2.75, 3.05) is 19.7 Å². The summed E-state index contributed by atoms with van der Waals surface area (Å²) in [7, 11) is 0. The van der Waals surface area contributed by atoms with Crippen LogP contribution in [0.5, 0.6) is 0 Å². The molecule has 40 heavy (non-hydrogen) atoms. The number of aliphatic hydroxyl groups excluding tert-OH is 1. The number of likely N-dealkylation sites (tertiary alicyclic amines) is 1. The van der Waals surface area contributed by atoms with Gasteiger partial charge in [-0.3, -0.25) is 9.48 Å². The van der Waals surface area contributed by atoms with E-state index < -0.39 is 12.2 Å². The first-order chi connectivity index (χ1) is 19.1. The van der Waals surface area contributed by atoms with Crippen molar-refractivity contribution in [3.63, 3.8) is 0 Å². The van der Waals surface area contributed by atoms with E-state index in [0.29, 0.717) is 12.2 Å². The van der Waals surface area contributed by atoms with Crippen molar-refractivity contribution in [2.24, 2.45) is 5.92 Å². The average Bonchev–Trinajstić information content (AvgIpc) is 3.58. The lowest BCUT2D eigenvalue weighted by molar-refractivity contribution is -0.140. The quantitative estimate of drug-likeness (QED) is 0.406. The molecule has 0 radical (unpaired) electrons. The monoisotopic (exact) mass is 558 g/mol. The summed E-state index contributed by atoms with van der Waals surface area (Å²) < 4.78 is 33.2. The zero-order valence-corrected chi connectivity index (χ0v) is 23.6. The Hall–Kier alpha value is -2.92. The highest BCUT2D eigenvalue weighted by Crippen LogP contribution is 2.38. The number of carbonyl (C=O) groups excluding carboxylic acids is 1. The summed E-state index contributed by atoms with van der Waals surface area (Å²) in [5, 5.41) is 19.5. The van der Waals surface area contributed by atoms with Gasteiger partial charge in [0.25, 0.3) is 0 Å². The molecule has 1 saturated carbocycles. The summed E-state index contributed by atoms with van der Waals surface area (Å²) in [6.45, 7) is 4.35. The molecule has 3 aromatic heterocycles. The Morgan fingerprint density at radius 1 is 1.15 bits per heavy atom. The van der Waals surface area contributed by atoms with Crippen LogP contribution in [-0.2, 0) is 21.5 Å². The average molecular weight is 559 g/mol. The second-order valence-electron chi connectivity index (χ2n) is 11.9. The van der Waals surface area contributed by atoms with Crippen LogP contribution in [0.1, 0.15) is 83.2 Å². The Bertz CT molecular complexity index is 1310. The van der Waals surface area contributed by atoms with Crippen LogP contribution in [0.3, 0.4) is 0 Å². The van der Waals surface area contributed by atoms with Crippen LogP contribution >= 0.6 is 0 Å². The summed E-state index contributed by atoms with van der Waals surface area (Å²) in [6.07, 6.45) is 12.0. The molecule has 11 heteroatoms. The predicted octanol–water partition coefficient (Wildman–Crippen LogP) is 4.78. The molecule has 3 aromatic rings.